The number of hydrogen-bond acceptors (Lipinski definition) is 3. The van der Waals surface area contributed by atoms with Crippen LogP contribution in [0.1, 0.15) is 17.2 Å². The van der Waals surface area contributed by atoms with Crippen LogP contribution in [0, 0.1) is 12.7 Å². The molecule has 0 saturated carbocycles. The molecular weight excluding hydrogens is 305 g/mol. The molecular formula is C19H22FN3O. The molecule has 1 saturated heterocycles. The number of amides is 1. The summed E-state index contributed by atoms with van der Waals surface area (Å²) in [5.41, 5.74) is 2.76. The molecule has 0 radical (unpaired) electrons. The number of carbonyl (C=O) groups excluding carboxylic acids is 1. The maximum Gasteiger partial charge on any atom is 0.238 e. The maximum atomic E-state index is 13.5. The smallest absolute Gasteiger partial charge is 0.238 e. The fourth-order valence-electron chi connectivity index (χ4n) is 3.07. The molecule has 1 fully saturated rings. The molecule has 2 aromatic carbocycles. The Kier molecular flexibility index (Phi) is 5.23. The Labute approximate surface area is 141 Å². The van der Waals surface area contributed by atoms with E-state index in [1.165, 1.54) is 6.07 Å². The van der Waals surface area contributed by atoms with Gasteiger partial charge in [0.2, 0.25) is 5.91 Å². The number of rotatable bonds is 4. The fraction of sp³-hybridized carbons (Fsp3) is 0.316. The Bertz CT molecular complexity index is 719. The molecule has 4 nitrogen and oxygen atoms in total. The summed E-state index contributed by atoms with van der Waals surface area (Å²) >= 11 is 0. The predicted molar refractivity (Wildman–Crippen MR) is 93.4 cm³/mol. The molecule has 5 heteroatoms. The Balaban J connectivity index is 1.70. The molecule has 0 aliphatic carbocycles. The average molecular weight is 327 g/mol. The van der Waals surface area contributed by atoms with Crippen molar-refractivity contribution in [3.8, 4) is 0 Å². The van der Waals surface area contributed by atoms with E-state index in [4.69, 9.17) is 0 Å². The molecule has 126 valence electrons. The van der Waals surface area contributed by atoms with Crippen molar-refractivity contribution < 1.29 is 9.18 Å². The van der Waals surface area contributed by atoms with Gasteiger partial charge in [0.25, 0.3) is 0 Å². The van der Waals surface area contributed by atoms with Gasteiger partial charge in [-0.05, 0) is 36.2 Å². The molecule has 0 bridgehead atoms. The van der Waals surface area contributed by atoms with Gasteiger partial charge in [0.05, 0.1) is 6.54 Å². The van der Waals surface area contributed by atoms with Crippen molar-refractivity contribution in [2.75, 3.05) is 31.5 Å². The standard InChI is InChI=1S/C19H22FN3O/c1-14-5-2-3-8-17(14)22-19(24)13-23-10-9-21-12-18(23)15-6-4-7-16(20)11-15/h2-8,11,18,21H,9-10,12-13H2,1H3,(H,22,24). The van der Waals surface area contributed by atoms with E-state index in [2.05, 4.69) is 15.5 Å². The second kappa shape index (κ2) is 7.55. The molecule has 2 N–H and O–H groups in total. The first-order valence-corrected chi connectivity index (χ1v) is 8.19. The second-order valence-electron chi connectivity index (χ2n) is 6.11. The lowest BCUT2D eigenvalue weighted by molar-refractivity contribution is -0.118. The van der Waals surface area contributed by atoms with E-state index in [9.17, 15) is 9.18 Å². The van der Waals surface area contributed by atoms with Gasteiger partial charge in [-0.25, -0.2) is 4.39 Å². The summed E-state index contributed by atoms with van der Waals surface area (Å²) in [5, 5.41) is 6.28. The monoisotopic (exact) mass is 327 g/mol. The van der Waals surface area contributed by atoms with Crippen LogP contribution in [0.25, 0.3) is 0 Å². The first-order valence-electron chi connectivity index (χ1n) is 8.19. The highest BCUT2D eigenvalue weighted by Gasteiger charge is 2.25. The number of carbonyl (C=O) groups is 1. The minimum Gasteiger partial charge on any atom is -0.325 e. The number of para-hydroxylation sites is 1. The predicted octanol–water partition coefficient (Wildman–Crippen LogP) is 2.72. The van der Waals surface area contributed by atoms with Gasteiger partial charge in [0.1, 0.15) is 5.82 Å². The summed E-state index contributed by atoms with van der Waals surface area (Å²) in [7, 11) is 0. The van der Waals surface area contributed by atoms with E-state index >= 15 is 0 Å². The highest BCUT2D eigenvalue weighted by Crippen LogP contribution is 2.23. The summed E-state index contributed by atoms with van der Waals surface area (Å²) in [6, 6.07) is 14.3. The summed E-state index contributed by atoms with van der Waals surface area (Å²) in [4.78, 5) is 14.5. The van der Waals surface area contributed by atoms with Gasteiger partial charge >= 0.3 is 0 Å². The number of halogens is 1. The van der Waals surface area contributed by atoms with E-state index < -0.39 is 0 Å². The molecule has 24 heavy (non-hydrogen) atoms. The fourth-order valence-corrected chi connectivity index (χ4v) is 3.07. The summed E-state index contributed by atoms with van der Waals surface area (Å²) < 4.78 is 13.5. The summed E-state index contributed by atoms with van der Waals surface area (Å²) in [5.74, 6) is -0.296. The molecule has 3 rings (SSSR count). The lowest BCUT2D eigenvalue weighted by Crippen LogP contribution is -2.48. The third-order valence-corrected chi connectivity index (χ3v) is 4.35. The van der Waals surface area contributed by atoms with E-state index in [-0.39, 0.29) is 24.3 Å². The molecule has 1 unspecified atom stereocenters. The van der Waals surface area contributed by atoms with Crippen molar-refractivity contribution in [3.05, 3.63) is 65.5 Å². The van der Waals surface area contributed by atoms with E-state index in [0.717, 1.165) is 29.9 Å². The van der Waals surface area contributed by atoms with Gasteiger partial charge in [-0.3, -0.25) is 9.69 Å². The highest BCUT2D eigenvalue weighted by molar-refractivity contribution is 5.93. The zero-order valence-corrected chi connectivity index (χ0v) is 13.8. The van der Waals surface area contributed by atoms with Crippen LogP contribution in [0.15, 0.2) is 48.5 Å². The van der Waals surface area contributed by atoms with Crippen molar-refractivity contribution in [3.63, 3.8) is 0 Å². The summed E-state index contributed by atoms with van der Waals surface area (Å²) in [6.45, 7) is 4.54. The van der Waals surface area contributed by atoms with Gasteiger partial charge in [0, 0.05) is 31.4 Å². The van der Waals surface area contributed by atoms with Gasteiger partial charge in [0.15, 0.2) is 0 Å². The number of aryl methyl sites for hydroxylation is 1. The van der Waals surface area contributed by atoms with E-state index in [1.54, 1.807) is 12.1 Å². The van der Waals surface area contributed by atoms with Crippen LogP contribution >= 0.6 is 0 Å². The number of nitrogens with zero attached hydrogens (tertiary/aromatic N) is 1. The van der Waals surface area contributed by atoms with Crippen LogP contribution in [-0.4, -0.2) is 37.0 Å². The third-order valence-electron chi connectivity index (χ3n) is 4.35. The van der Waals surface area contributed by atoms with Gasteiger partial charge in [-0.15, -0.1) is 0 Å². The molecule has 0 spiro atoms. The van der Waals surface area contributed by atoms with Crippen molar-refractivity contribution in [1.29, 1.82) is 0 Å². The van der Waals surface area contributed by atoms with Crippen LogP contribution in [0.3, 0.4) is 0 Å². The Hall–Kier alpha value is -2.24. The number of anilines is 1. The summed E-state index contributed by atoms with van der Waals surface area (Å²) in [6.07, 6.45) is 0. The third kappa shape index (κ3) is 3.99. The van der Waals surface area contributed by atoms with Crippen molar-refractivity contribution in [2.45, 2.75) is 13.0 Å². The average Bonchev–Trinajstić information content (AvgIpc) is 2.57. The van der Waals surface area contributed by atoms with Crippen LogP contribution in [0.5, 0.6) is 0 Å². The van der Waals surface area contributed by atoms with Crippen LogP contribution in [-0.2, 0) is 4.79 Å². The number of nitrogens with one attached hydrogen (secondary N) is 2. The van der Waals surface area contributed by atoms with Crippen molar-refractivity contribution in [2.24, 2.45) is 0 Å². The van der Waals surface area contributed by atoms with Crippen LogP contribution in [0.4, 0.5) is 10.1 Å². The SMILES string of the molecule is Cc1ccccc1NC(=O)CN1CCNCC1c1cccc(F)c1. The molecule has 1 heterocycles. The Morgan fingerprint density at radius 2 is 2.12 bits per heavy atom. The topological polar surface area (TPSA) is 44.4 Å². The lowest BCUT2D eigenvalue weighted by Gasteiger charge is -2.36. The van der Waals surface area contributed by atoms with Crippen molar-refractivity contribution in [1.82, 2.24) is 10.2 Å². The molecule has 1 aliphatic rings. The molecule has 0 aromatic heterocycles. The normalized spacial score (nSPS) is 18.3. The zero-order valence-electron chi connectivity index (χ0n) is 13.8. The van der Waals surface area contributed by atoms with E-state index in [0.29, 0.717) is 6.54 Å². The Morgan fingerprint density at radius 1 is 1.29 bits per heavy atom. The van der Waals surface area contributed by atoms with E-state index in [1.807, 2.05) is 37.3 Å². The number of benzene rings is 2. The zero-order chi connectivity index (χ0) is 16.9. The lowest BCUT2D eigenvalue weighted by atomic mass is 10.0. The number of piperazine rings is 1. The number of hydrogen-bond donors (Lipinski definition) is 2. The maximum absolute atomic E-state index is 13.5. The second-order valence-corrected chi connectivity index (χ2v) is 6.11. The van der Waals surface area contributed by atoms with Crippen molar-refractivity contribution >= 4 is 11.6 Å². The minimum atomic E-state index is -0.248. The first kappa shape index (κ1) is 16.6. The highest BCUT2D eigenvalue weighted by atomic mass is 19.1. The quantitative estimate of drug-likeness (QED) is 0.907. The van der Waals surface area contributed by atoms with Gasteiger partial charge in [-0.1, -0.05) is 30.3 Å². The van der Waals surface area contributed by atoms with Crippen LogP contribution in [0.2, 0.25) is 0 Å². The molecule has 1 aliphatic heterocycles. The van der Waals surface area contributed by atoms with Crippen LogP contribution < -0.4 is 10.6 Å². The minimum absolute atomic E-state index is 0.00271. The largest absolute Gasteiger partial charge is 0.325 e. The molecule has 1 amide bonds. The van der Waals surface area contributed by atoms with Gasteiger partial charge < -0.3 is 10.6 Å². The Morgan fingerprint density at radius 3 is 2.92 bits per heavy atom. The molecule has 1 atom stereocenters. The first-order chi connectivity index (χ1) is 11.6. The van der Waals surface area contributed by atoms with Gasteiger partial charge in [-0.2, -0.15) is 0 Å². The molecule has 2 aromatic rings.